The van der Waals surface area contributed by atoms with Gasteiger partial charge in [0.05, 0.1) is 11.9 Å². The highest BCUT2D eigenvalue weighted by molar-refractivity contribution is 7.92. The third kappa shape index (κ3) is 8.33. The summed E-state index contributed by atoms with van der Waals surface area (Å²) in [6.45, 7) is 2.37. The molecule has 3 aromatic rings. The fourth-order valence-corrected chi connectivity index (χ4v) is 5.31. The molecule has 0 saturated heterocycles. The number of hydrogen-bond acceptors (Lipinski definition) is 4. The van der Waals surface area contributed by atoms with Crippen molar-refractivity contribution in [3.63, 3.8) is 0 Å². The molecule has 9 heteroatoms. The molecule has 0 unspecified atom stereocenters. The zero-order chi connectivity index (χ0) is 27.7. The molecule has 0 saturated carbocycles. The lowest BCUT2D eigenvalue weighted by Crippen LogP contribution is -2.49. The third-order valence-corrected chi connectivity index (χ3v) is 7.70. The van der Waals surface area contributed by atoms with Gasteiger partial charge in [0.1, 0.15) is 6.04 Å². The number of rotatable bonds is 12. The first-order valence-electron chi connectivity index (χ1n) is 12.4. The zero-order valence-electron chi connectivity index (χ0n) is 21.9. The first-order valence-corrected chi connectivity index (χ1v) is 14.6. The number of likely N-dealkylation sites (N-methyl/N-ethyl adjacent to an activating group) is 1. The molecule has 7 nitrogen and oxygen atoms in total. The van der Waals surface area contributed by atoms with Crippen LogP contribution in [0.25, 0.3) is 0 Å². The number of nitrogens with zero attached hydrogens (tertiary/aromatic N) is 2. The molecule has 0 fully saturated rings. The van der Waals surface area contributed by atoms with E-state index in [1.165, 1.54) is 4.31 Å². The number of aryl methyl sites for hydroxylation is 1. The summed E-state index contributed by atoms with van der Waals surface area (Å²) in [7, 11) is -2.01. The van der Waals surface area contributed by atoms with Crippen LogP contribution >= 0.6 is 11.6 Å². The molecule has 3 rings (SSSR count). The second kappa shape index (κ2) is 13.4. The van der Waals surface area contributed by atoms with Gasteiger partial charge in [0.2, 0.25) is 21.8 Å². The van der Waals surface area contributed by atoms with Crippen molar-refractivity contribution in [1.29, 1.82) is 0 Å². The van der Waals surface area contributed by atoms with Crippen LogP contribution in [0.3, 0.4) is 0 Å². The molecule has 0 spiro atoms. The minimum atomic E-state index is -3.57. The molecular weight excluding hydrogens is 522 g/mol. The highest BCUT2D eigenvalue weighted by atomic mass is 35.5. The highest BCUT2D eigenvalue weighted by Gasteiger charge is 2.30. The Kier molecular flexibility index (Phi) is 10.3. The molecule has 2 amide bonds. The molecule has 202 valence electrons. The average molecular weight is 556 g/mol. The predicted octanol–water partition coefficient (Wildman–Crippen LogP) is 4.58. The van der Waals surface area contributed by atoms with Crippen molar-refractivity contribution in [3.05, 3.63) is 101 Å². The maximum atomic E-state index is 13.6. The molecule has 0 aliphatic rings. The summed E-state index contributed by atoms with van der Waals surface area (Å²) in [5.41, 5.74) is 3.42. The molecule has 0 bridgehead atoms. The zero-order valence-corrected chi connectivity index (χ0v) is 23.5. The van der Waals surface area contributed by atoms with Gasteiger partial charge in [-0.2, -0.15) is 0 Å². The minimum Gasteiger partial charge on any atom is -0.357 e. The Morgan fingerprint density at radius 2 is 1.55 bits per heavy atom. The summed E-state index contributed by atoms with van der Waals surface area (Å²) in [6, 6.07) is 23.2. The van der Waals surface area contributed by atoms with Crippen LogP contribution in [0.2, 0.25) is 5.02 Å². The second-order valence-corrected chi connectivity index (χ2v) is 11.6. The Hall–Kier alpha value is -3.36. The number of hydrogen-bond donors (Lipinski definition) is 1. The monoisotopic (exact) mass is 555 g/mol. The van der Waals surface area contributed by atoms with E-state index in [0.717, 1.165) is 22.9 Å². The van der Waals surface area contributed by atoms with E-state index in [9.17, 15) is 18.0 Å². The number of carbonyl (C=O) groups is 2. The van der Waals surface area contributed by atoms with Gasteiger partial charge in [-0.25, -0.2) is 8.42 Å². The standard InChI is InChI=1S/C29H34ClN3O4S/c1-22-11-13-24(14-12-22)21-32(27(29(35)31-2)20-23-8-5-4-6-9-23)28(34)10-7-19-33(38(3,36)37)26-17-15-25(30)16-18-26/h4-6,8-9,11-18,27H,7,10,19-21H2,1-3H3,(H,31,35)/t27-/m1/s1. The van der Waals surface area contributed by atoms with E-state index in [1.54, 1.807) is 36.2 Å². The van der Waals surface area contributed by atoms with Crippen molar-refractivity contribution in [2.75, 3.05) is 24.2 Å². The van der Waals surface area contributed by atoms with Crippen LogP contribution in [0.5, 0.6) is 0 Å². The van der Waals surface area contributed by atoms with E-state index in [4.69, 9.17) is 11.6 Å². The van der Waals surface area contributed by atoms with Crippen LogP contribution in [-0.2, 0) is 32.6 Å². The van der Waals surface area contributed by atoms with Gasteiger partial charge >= 0.3 is 0 Å². The van der Waals surface area contributed by atoms with Gasteiger partial charge in [0.15, 0.2) is 0 Å². The van der Waals surface area contributed by atoms with Crippen LogP contribution < -0.4 is 9.62 Å². The van der Waals surface area contributed by atoms with Crippen molar-refractivity contribution >= 4 is 39.1 Å². The molecule has 0 aliphatic carbocycles. The summed E-state index contributed by atoms with van der Waals surface area (Å²) >= 11 is 5.96. The van der Waals surface area contributed by atoms with Gasteiger partial charge in [-0.3, -0.25) is 13.9 Å². The van der Waals surface area contributed by atoms with Crippen LogP contribution in [0, 0.1) is 6.92 Å². The summed E-state index contributed by atoms with van der Waals surface area (Å²) in [4.78, 5) is 28.3. The Morgan fingerprint density at radius 1 is 0.921 bits per heavy atom. The Bertz CT molecular complexity index is 1310. The number of halogens is 1. The molecule has 0 radical (unpaired) electrons. The van der Waals surface area contributed by atoms with Gasteiger partial charge in [0.25, 0.3) is 0 Å². The average Bonchev–Trinajstić information content (AvgIpc) is 2.89. The van der Waals surface area contributed by atoms with Crippen molar-refractivity contribution in [2.24, 2.45) is 0 Å². The summed E-state index contributed by atoms with van der Waals surface area (Å²) < 4.78 is 26.2. The fraction of sp³-hybridized carbons (Fsp3) is 0.310. The molecule has 0 aliphatic heterocycles. The summed E-state index contributed by atoms with van der Waals surface area (Å²) in [5, 5.41) is 3.21. The lowest BCUT2D eigenvalue weighted by molar-refractivity contribution is -0.141. The number of amides is 2. The van der Waals surface area contributed by atoms with E-state index in [2.05, 4.69) is 5.32 Å². The predicted molar refractivity (Wildman–Crippen MR) is 153 cm³/mol. The van der Waals surface area contributed by atoms with Crippen molar-refractivity contribution < 1.29 is 18.0 Å². The number of sulfonamides is 1. The van der Waals surface area contributed by atoms with Gasteiger partial charge in [-0.1, -0.05) is 71.8 Å². The van der Waals surface area contributed by atoms with Crippen LogP contribution in [-0.4, -0.2) is 51.0 Å². The molecule has 1 atom stereocenters. The van der Waals surface area contributed by atoms with Gasteiger partial charge in [-0.15, -0.1) is 0 Å². The van der Waals surface area contributed by atoms with Gasteiger partial charge in [-0.05, 0) is 48.7 Å². The first-order chi connectivity index (χ1) is 18.1. The third-order valence-electron chi connectivity index (χ3n) is 6.26. The Balaban J connectivity index is 1.83. The Morgan fingerprint density at radius 3 is 2.13 bits per heavy atom. The van der Waals surface area contributed by atoms with Crippen LogP contribution in [0.4, 0.5) is 5.69 Å². The maximum Gasteiger partial charge on any atom is 0.242 e. The van der Waals surface area contributed by atoms with Gasteiger partial charge in [0, 0.05) is 38.0 Å². The molecule has 0 heterocycles. The minimum absolute atomic E-state index is 0.0771. The smallest absolute Gasteiger partial charge is 0.242 e. The molecule has 0 aromatic heterocycles. The van der Waals surface area contributed by atoms with E-state index in [0.29, 0.717) is 17.1 Å². The topological polar surface area (TPSA) is 86.8 Å². The quantitative estimate of drug-likeness (QED) is 0.354. The number of nitrogens with one attached hydrogen (secondary N) is 1. The molecular formula is C29H34ClN3O4S. The van der Waals surface area contributed by atoms with E-state index >= 15 is 0 Å². The van der Waals surface area contributed by atoms with Crippen LogP contribution in [0.15, 0.2) is 78.9 Å². The largest absolute Gasteiger partial charge is 0.357 e. The maximum absolute atomic E-state index is 13.6. The van der Waals surface area contributed by atoms with Crippen molar-refractivity contribution in [2.45, 2.75) is 38.8 Å². The summed E-state index contributed by atoms with van der Waals surface area (Å²) in [6.07, 6.45) is 1.85. The highest BCUT2D eigenvalue weighted by Crippen LogP contribution is 2.22. The summed E-state index contributed by atoms with van der Waals surface area (Å²) in [5.74, 6) is -0.479. The fourth-order valence-electron chi connectivity index (χ4n) is 4.22. The van der Waals surface area contributed by atoms with E-state index in [1.807, 2.05) is 61.5 Å². The molecule has 1 N–H and O–H groups in total. The van der Waals surface area contributed by atoms with E-state index < -0.39 is 16.1 Å². The molecule has 38 heavy (non-hydrogen) atoms. The SMILES string of the molecule is CNC(=O)[C@@H](Cc1ccccc1)N(Cc1ccc(C)cc1)C(=O)CCCN(c1ccc(Cl)cc1)S(C)(=O)=O. The number of benzene rings is 3. The van der Waals surface area contributed by atoms with Gasteiger partial charge < -0.3 is 10.2 Å². The number of carbonyl (C=O) groups excluding carboxylic acids is 2. The normalized spacial score (nSPS) is 12.0. The van der Waals surface area contributed by atoms with E-state index in [-0.39, 0.29) is 37.7 Å². The van der Waals surface area contributed by atoms with Crippen LogP contribution in [0.1, 0.15) is 29.5 Å². The molecule has 3 aromatic carbocycles. The lowest BCUT2D eigenvalue weighted by Gasteiger charge is -2.31. The Labute approximate surface area is 230 Å². The second-order valence-electron chi connectivity index (χ2n) is 9.24. The van der Waals surface area contributed by atoms with Crippen molar-refractivity contribution in [1.82, 2.24) is 10.2 Å². The first kappa shape index (κ1) is 29.2. The lowest BCUT2D eigenvalue weighted by atomic mass is 10.0. The van der Waals surface area contributed by atoms with Crippen molar-refractivity contribution in [3.8, 4) is 0 Å². The number of anilines is 1.